The number of aliphatic imine (C=N–C) groups is 1. The van der Waals surface area contributed by atoms with E-state index in [1.54, 1.807) is 36.4 Å². The fourth-order valence-electron chi connectivity index (χ4n) is 2.65. The molecule has 0 saturated carbocycles. The Morgan fingerprint density at radius 2 is 1.38 bits per heavy atom. The molecule has 0 N–H and O–H groups in total. The standard InChI is InChI=1S/C15H12O3S.C12H11NO4S/c1-3-13-6-10-15(11-7-13)19(16,17)18-14-8-4-12(2)5-9-14;1-2-3-4-9-18(15,16)17-12-7-5-11(6-8-12)13-10-14/h1,4-11H,2H3;1,5-8H,3-4,9H2. The average molecular weight is 538 g/mol. The molecule has 0 aliphatic heterocycles. The smallest absolute Gasteiger partial charge is 0.339 e. The lowest BCUT2D eigenvalue weighted by atomic mass is 10.2. The topological polar surface area (TPSA) is 116 Å². The highest BCUT2D eigenvalue weighted by molar-refractivity contribution is 7.87. The summed E-state index contributed by atoms with van der Waals surface area (Å²) >= 11 is 0. The molecule has 0 aliphatic carbocycles. The zero-order valence-electron chi connectivity index (χ0n) is 19.8. The largest absolute Gasteiger partial charge is 0.382 e. The van der Waals surface area contributed by atoms with E-state index in [9.17, 15) is 21.6 Å². The molecule has 0 radical (unpaired) electrons. The van der Waals surface area contributed by atoms with E-state index in [2.05, 4.69) is 16.8 Å². The van der Waals surface area contributed by atoms with Crippen LogP contribution in [0.1, 0.15) is 24.0 Å². The molecule has 3 aromatic carbocycles. The molecule has 0 aromatic heterocycles. The first-order valence-electron chi connectivity index (χ1n) is 10.7. The van der Waals surface area contributed by atoms with Crippen LogP contribution in [0, 0.1) is 31.6 Å². The average Bonchev–Trinajstić information content (AvgIpc) is 2.87. The van der Waals surface area contributed by atoms with Gasteiger partial charge in [-0.15, -0.1) is 18.8 Å². The minimum atomic E-state index is -3.82. The molecule has 190 valence electrons. The fraction of sp³-hybridized carbons (Fsp3) is 0.148. The molecular weight excluding hydrogens is 514 g/mol. The summed E-state index contributed by atoms with van der Waals surface area (Å²) in [5.41, 5.74) is 2.03. The van der Waals surface area contributed by atoms with Crippen LogP contribution in [-0.2, 0) is 25.0 Å². The van der Waals surface area contributed by atoms with Gasteiger partial charge in [-0.3, -0.25) is 0 Å². The Morgan fingerprint density at radius 3 is 1.92 bits per heavy atom. The maximum absolute atomic E-state index is 12.0. The normalized spacial score (nSPS) is 10.5. The van der Waals surface area contributed by atoms with Crippen LogP contribution in [0.3, 0.4) is 0 Å². The number of aryl methyl sites for hydroxylation is 1. The van der Waals surface area contributed by atoms with Gasteiger partial charge in [-0.25, -0.2) is 4.79 Å². The molecule has 3 rings (SSSR count). The monoisotopic (exact) mass is 537 g/mol. The van der Waals surface area contributed by atoms with Gasteiger partial charge in [0.25, 0.3) is 0 Å². The van der Waals surface area contributed by atoms with Crippen molar-refractivity contribution in [3.05, 3.63) is 83.9 Å². The van der Waals surface area contributed by atoms with E-state index in [1.165, 1.54) is 42.5 Å². The second-order valence-electron chi connectivity index (χ2n) is 7.37. The van der Waals surface area contributed by atoms with Crippen molar-refractivity contribution in [2.45, 2.75) is 24.7 Å². The van der Waals surface area contributed by atoms with Gasteiger partial charge in [0.05, 0.1) is 11.4 Å². The number of benzene rings is 3. The van der Waals surface area contributed by atoms with Crippen LogP contribution >= 0.6 is 0 Å². The molecule has 0 amide bonds. The summed E-state index contributed by atoms with van der Waals surface area (Å²) in [7, 11) is -7.46. The predicted octanol–water partition coefficient (Wildman–Crippen LogP) is 4.52. The number of nitrogens with zero attached hydrogens (tertiary/aromatic N) is 1. The molecule has 0 spiro atoms. The highest BCUT2D eigenvalue weighted by atomic mass is 32.2. The Kier molecular flexibility index (Phi) is 10.7. The molecule has 0 fully saturated rings. The second kappa shape index (κ2) is 13.7. The van der Waals surface area contributed by atoms with Crippen LogP contribution in [0.2, 0.25) is 0 Å². The summed E-state index contributed by atoms with van der Waals surface area (Å²) in [4.78, 5) is 13.4. The third-order valence-corrected chi connectivity index (χ3v) is 6.98. The number of rotatable bonds is 9. The maximum Gasteiger partial charge on any atom is 0.339 e. The molecule has 3 aromatic rings. The first kappa shape index (κ1) is 28.9. The van der Waals surface area contributed by atoms with E-state index in [-0.39, 0.29) is 22.1 Å². The van der Waals surface area contributed by atoms with Gasteiger partial charge in [-0.1, -0.05) is 23.6 Å². The quantitative estimate of drug-likeness (QED) is 0.130. The third-order valence-electron chi connectivity index (χ3n) is 4.49. The van der Waals surface area contributed by atoms with Crippen molar-refractivity contribution in [2.75, 3.05) is 5.75 Å². The van der Waals surface area contributed by atoms with Gasteiger partial charge in [0.1, 0.15) is 16.4 Å². The number of carbonyl (C=O) groups excluding carboxylic acids is 1. The van der Waals surface area contributed by atoms with Gasteiger partial charge in [0, 0.05) is 12.0 Å². The highest BCUT2D eigenvalue weighted by Gasteiger charge is 2.16. The minimum absolute atomic E-state index is 0.0760. The summed E-state index contributed by atoms with van der Waals surface area (Å²) in [6.45, 7) is 1.91. The summed E-state index contributed by atoms with van der Waals surface area (Å²) in [5, 5.41) is 0. The Hall–Kier alpha value is -4.34. The lowest BCUT2D eigenvalue weighted by Gasteiger charge is -2.07. The lowest BCUT2D eigenvalue weighted by molar-refractivity contribution is 0.483. The van der Waals surface area contributed by atoms with Crippen molar-refractivity contribution in [3.63, 3.8) is 0 Å². The van der Waals surface area contributed by atoms with Crippen LogP contribution in [0.5, 0.6) is 11.5 Å². The van der Waals surface area contributed by atoms with Gasteiger partial charge < -0.3 is 8.37 Å². The zero-order chi connectivity index (χ0) is 27.3. The van der Waals surface area contributed by atoms with Crippen molar-refractivity contribution >= 4 is 32.0 Å². The van der Waals surface area contributed by atoms with Gasteiger partial charge in [0.15, 0.2) is 0 Å². The molecule has 0 heterocycles. The van der Waals surface area contributed by atoms with Crippen molar-refractivity contribution in [1.82, 2.24) is 0 Å². The molecular formula is C27H23NO7S2. The maximum atomic E-state index is 12.0. The first-order valence-corrected chi connectivity index (χ1v) is 13.7. The van der Waals surface area contributed by atoms with E-state index in [0.29, 0.717) is 24.1 Å². The van der Waals surface area contributed by atoms with Crippen molar-refractivity contribution in [2.24, 2.45) is 4.99 Å². The van der Waals surface area contributed by atoms with Crippen LogP contribution in [0.4, 0.5) is 5.69 Å². The second-order valence-corrected chi connectivity index (χ2v) is 10.6. The number of hydrogen-bond acceptors (Lipinski definition) is 8. The Labute approximate surface area is 217 Å². The summed E-state index contributed by atoms with van der Waals surface area (Å²) in [5.74, 6) is 5.10. The van der Waals surface area contributed by atoms with Crippen molar-refractivity contribution < 1.29 is 30.0 Å². The van der Waals surface area contributed by atoms with Gasteiger partial charge in [-0.2, -0.15) is 21.8 Å². The summed E-state index contributed by atoms with van der Waals surface area (Å²) in [6.07, 6.45) is 12.4. The number of terminal acetylenes is 2. The first-order chi connectivity index (χ1) is 17.6. The molecule has 8 nitrogen and oxygen atoms in total. The van der Waals surface area contributed by atoms with Gasteiger partial charge in [-0.05, 0) is 74.0 Å². The molecule has 0 bridgehead atoms. The predicted molar refractivity (Wildman–Crippen MR) is 140 cm³/mol. The van der Waals surface area contributed by atoms with E-state index in [0.717, 1.165) is 5.56 Å². The van der Waals surface area contributed by atoms with E-state index in [1.807, 2.05) is 6.92 Å². The van der Waals surface area contributed by atoms with Gasteiger partial charge >= 0.3 is 20.2 Å². The Morgan fingerprint density at radius 1 is 0.811 bits per heavy atom. The summed E-state index contributed by atoms with van der Waals surface area (Å²) in [6, 6.07) is 18.5. The molecule has 0 aliphatic rings. The molecule has 0 atom stereocenters. The lowest BCUT2D eigenvalue weighted by Crippen LogP contribution is -2.13. The number of isocyanates is 1. The van der Waals surface area contributed by atoms with E-state index in [4.69, 9.17) is 21.2 Å². The van der Waals surface area contributed by atoms with Crippen LogP contribution in [0.15, 0.2) is 82.7 Å². The molecule has 0 saturated heterocycles. The molecule has 0 unspecified atom stereocenters. The third kappa shape index (κ3) is 10.0. The fourth-order valence-corrected chi connectivity index (χ4v) is 4.57. The van der Waals surface area contributed by atoms with Crippen molar-refractivity contribution in [1.29, 1.82) is 0 Å². The SMILES string of the molecule is C#CCCCS(=O)(=O)Oc1ccc(N=C=O)cc1.C#Cc1ccc(S(=O)(=O)Oc2ccc(C)cc2)cc1. The number of unbranched alkanes of at least 4 members (excludes halogenated alkanes) is 1. The zero-order valence-corrected chi connectivity index (χ0v) is 21.5. The van der Waals surface area contributed by atoms with Crippen LogP contribution in [-0.4, -0.2) is 28.7 Å². The highest BCUT2D eigenvalue weighted by Crippen LogP contribution is 2.20. The van der Waals surface area contributed by atoms with Gasteiger partial charge in [0.2, 0.25) is 6.08 Å². The van der Waals surface area contributed by atoms with Crippen LogP contribution in [0.25, 0.3) is 0 Å². The van der Waals surface area contributed by atoms with Crippen LogP contribution < -0.4 is 8.37 Å². The minimum Gasteiger partial charge on any atom is -0.382 e. The molecule has 10 heteroatoms. The van der Waals surface area contributed by atoms with Crippen molar-refractivity contribution in [3.8, 4) is 36.2 Å². The summed E-state index contributed by atoms with van der Waals surface area (Å²) < 4.78 is 56.9. The Bertz CT molecular complexity index is 1520. The number of hydrogen-bond donors (Lipinski definition) is 0. The van der Waals surface area contributed by atoms with E-state index >= 15 is 0 Å². The van der Waals surface area contributed by atoms with E-state index < -0.39 is 20.2 Å². The Balaban J connectivity index is 0.000000261. The molecule has 37 heavy (non-hydrogen) atoms.